The molecule has 1 nitrogen and oxygen atoms in total. The summed E-state index contributed by atoms with van der Waals surface area (Å²) in [6.45, 7) is 1.93. The van der Waals surface area contributed by atoms with Gasteiger partial charge in [0.05, 0.1) is 5.69 Å². The first-order valence-corrected chi connectivity index (χ1v) is 5.35. The van der Waals surface area contributed by atoms with Crippen molar-refractivity contribution in [1.82, 2.24) is 4.98 Å². The van der Waals surface area contributed by atoms with E-state index in [1.165, 1.54) is 17.4 Å². The lowest BCUT2D eigenvalue weighted by molar-refractivity contribution is 0.630. The molecule has 0 atom stereocenters. The molecule has 14 heavy (non-hydrogen) atoms. The molecule has 0 saturated carbocycles. The van der Waals surface area contributed by atoms with Crippen molar-refractivity contribution in [3.05, 3.63) is 38.9 Å². The van der Waals surface area contributed by atoms with E-state index in [0.29, 0.717) is 9.52 Å². The van der Waals surface area contributed by atoms with Gasteiger partial charge in [0.1, 0.15) is 5.82 Å². The number of halogens is 1. The van der Waals surface area contributed by atoms with E-state index in [1.54, 1.807) is 12.1 Å². The molecule has 0 amide bonds. The predicted molar refractivity (Wildman–Crippen MR) is 59.6 cm³/mol. The highest BCUT2D eigenvalue weighted by Gasteiger charge is 2.08. The monoisotopic (exact) mass is 225 g/mol. The molecule has 0 radical (unpaired) electrons. The SMILES string of the molecule is Cc1sc(=S)[nH]c1-c1ccccc1F. The van der Waals surface area contributed by atoms with Gasteiger partial charge < -0.3 is 4.98 Å². The summed E-state index contributed by atoms with van der Waals surface area (Å²) in [7, 11) is 0. The van der Waals surface area contributed by atoms with Crippen molar-refractivity contribution in [3.63, 3.8) is 0 Å². The van der Waals surface area contributed by atoms with Gasteiger partial charge in [-0.05, 0) is 31.3 Å². The van der Waals surface area contributed by atoms with Gasteiger partial charge in [-0.2, -0.15) is 0 Å². The van der Waals surface area contributed by atoms with Crippen molar-refractivity contribution in [2.24, 2.45) is 0 Å². The van der Waals surface area contributed by atoms with Crippen molar-refractivity contribution >= 4 is 23.6 Å². The van der Waals surface area contributed by atoms with Crippen molar-refractivity contribution in [1.29, 1.82) is 0 Å². The van der Waals surface area contributed by atoms with Crippen LogP contribution in [0, 0.1) is 16.7 Å². The second kappa shape index (κ2) is 3.63. The number of hydrogen-bond donors (Lipinski definition) is 1. The Morgan fingerprint density at radius 3 is 2.64 bits per heavy atom. The fraction of sp³-hybridized carbons (Fsp3) is 0.100. The summed E-state index contributed by atoms with van der Waals surface area (Å²) in [5.41, 5.74) is 1.37. The Labute approximate surface area is 90.2 Å². The fourth-order valence-electron chi connectivity index (χ4n) is 1.33. The summed E-state index contributed by atoms with van der Waals surface area (Å²) >= 11 is 6.47. The van der Waals surface area contributed by atoms with Gasteiger partial charge in [-0.15, -0.1) is 11.3 Å². The number of benzene rings is 1. The van der Waals surface area contributed by atoms with Crippen molar-refractivity contribution in [2.75, 3.05) is 0 Å². The summed E-state index contributed by atoms with van der Waals surface area (Å²) in [5, 5.41) is 0. The van der Waals surface area contributed by atoms with Gasteiger partial charge in [-0.25, -0.2) is 4.39 Å². The van der Waals surface area contributed by atoms with Crippen molar-refractivity contribution in [2.45, 2.75) is 6.92 Å². The second-order valence-corrected chi connectivity index (χ2v) is 4.82. The van der Waals surface area contributed by atoms with E-state index in [9.17, 15) is 4.39 Å². The molecule has 2 rings (SSSR count). The average molecular weight is 225 g/mol. The summed E-state index contributed by atoms with van der Waals surface area (Å²) in [6.07, 6.45) is 0. The Kier molecular flexibility index (Phi) is 2.48. The van der Waals surface area contributed by atoms with Crippen LogP contribution in [0.3, 0.4) is 0 Å². The van der Waals surface area contributed by atoms with E-state index in [0.717, 1.165) is 10.6 Å². The quantitative estimate of drug-likeness (QED) is 0.727. The molecular formula is C10H8FNS2. The van der Waals surface area contributed by atoms with Gasteiger partial charge in [-0.3, -0.25) is 0 Å². The van der Waals surface area contributed by atoms with E-state index >= 15 is 0 Å². The van der Waals surface area contributed by atoms with E-state index in [-0.39, 0.29) is 5.82 Å². The first kappa shape index (κ1) is 9.55. The Bertz CT molecular complexity index is 513. The van der Waals surface area contributed by atoms with E-state index < -0.39 is 0 Å². The van der Waals surface area contributed by atoms with Crippen LogP contribution < -0.4 is 0 Å². The minimum absolute atomic E-state index is 0.223. The third-order valence-electron chi connectivity index (χ3n) is 1.97. The lowest BCUT2D eigenvalue weighted by atomic mass is 10.1. The largest absolute Gasteiger partial charge is 0.337 e. The molecule has 2 aromatic rings. The van der Waals surface area contributed by atoms with E-state index in [1.807, 2.05) is 13.0 Å². The third kappa shape index (κ3) is 1.63. The van der Waals surface area contributed by atoms with Crippen LogP contribution >= 0.6 is 23.6 Å². The van der Waals surface area contributed by atoms with Gasteiger partial charge in [0, 0.05) is 10.4 Å². The fourth-order valence-corrected chi connectivity index (χ4v) is 2.50. The number of thiazole rings is 1. The summed E-state index contributed by atoms with van der Waals surface area (Å²) in [6, 6.07) is 6.68. The van der Waals surface area contributed by atoms with Gasteiger partial charge >= 0.3 is 0 Å². The molecule has 0 spiro atoms. The Balaban J connectivity index is 2.66. The van der Waals surface area contributed by atoms with Gasteiger partial charge in [0.2, 0.25) is 0 Å². The maximum absolute atomic E-state index is 13.4. The number of aromatic amines is 1. The normalized spacial score (nSPS) is 10.4. The Hall–Kier alpha value is -1.00. The summed E-state index contributed by atoms with van der Waals surface area (Å²) < 4.78 is 14.1. The minimum atomic E-state index is -0.223. The van der Waals surface area contributed by atoms with E-state index in [4.69, 9.17) is 12.2 Å². The topological polar surface area (TPSA) is 15.8 Å². The van der Waals surface area contributed by atoms with Crippen molar-refractivity contribution < 1.29 is 4.39 Å². The highest BCUT2D eigenvalue weighted by Crippen LogP contribution is 2.27. The van der Waals surface area contributed by atoms with Crippen molar-refractivity contribution in [3.8, 4) is 11.3 Å². The molecule has 0 aliphatic heterocycles. The molecule has 0 bridgehead atoms. The molecule has 0 unspecified atom stereocenters. The zero-order valence-electron chi connectivity index (χ0n) is 7.50. The first-order chi connectivity index (χ1) is 6.68. The van der Waals surface area contributed by atoms with Gasteiger partial charge in [0.15, 0.2) is 3.95 Å². The average Bonchev–Trinajstić information content (AvgIpc) is 2.46. The van der Waals surface area contributed by atoms with Gasteiger partial charge in [-0.1, -0.05) is 12.1 Å². The van der Waals surface area contributed by atoms with Crippen LogP contribution in [0.5, 0.6) is 0 Å². The maximum Gasteiger partial charge on any atom is 0.159 e. The standard InChI is InChI=1S/C10H8FNS2/c1-6-9(12-10(13)14-6)7-4-2-3-5-8(7)11/h2-5H,1H3,(H,12,13). The molecule has 4 heteroatoms. The zero-order valence-corrected chi connectivity index (χ0v) is 9.14. The molecule has 1 N–H and O–H groups in total. The molecule has 0 fully saturated rings. The molecule has 0 aliphatic rings. The van der Waals surface area contributed by atoms with Crippen LogP contribution in [0.1, 0.15) is 4.88 Å². The molecule has 1 aromatic carbocycles. The summed E-state index contributed by atoms with van der Waals surface area (Å²) in [4.78, 5) is 4.01. The predicted octanol–water partition coefficient (Wildman–Crippen LogP) is 3.92. The Morgan fingerprint density at radius 2 is 2.07 bits per heavy atom. The minimum Gasteiger partial charge on any atom is -0.337 e. The second-order valence-electron chi connectivity index (χ2n) is 2.93. The van der Waals surface area contributed by atoms with Crippen LogP contribution in [0.25, 0.3) is 11.3 Å². The number of nitrogens with one attached hydrogen (secondary N) is 1. The molecule has 72 valence electrons. The number of H-pyrrole nitrogens is 1. The lowest BCUT2D eigenvalue weighted by Crippen LogP contribution is -1.84. The molecule has 1 heterocycles. The third-order valence-corrected chi connectivity index (χ3v) is 3.12. The molecule has 0 saturated heterocycles. The molecular weight excluding hydrogens is 217 g/mol. The molecule has 1 aromatic heterocycles. The number of rotatable bonds is 1. The number of aryl methyl sites for hydroxylation is 1. The Morgan fingerprint density at radius 1 is 1.36 bits per heavy atom. The zero-order chi connectivity index (χ0) is 10.1. The maximum atomic E-state index is 13.4. The van der Waals surface area contributed by atoms with E-state index in [2.05, 4.69) is 4.98 Å². The van der Waals surface area contributed by atoms with Crippen LogP contribution in [0.2, 0.25) is 0 Å². The first-order valence-electron chi connectivity index (χ1n) is 4.13. The van der Waals surface area contributed by atoms with Crippen LogP contribution in [-0.2, 0) is 0 Å². The highest BCUT2D eigenvalue weighted by molar-refractivity contribution is 7.73. The van der Waals surface area contributed by atoms with Crippen LogP contribution in [-0.4, -0.2) is 4.98 Å². The summed E-state index contributed by atoms with van der Waals surface area (Å²) in [5.74, 6) is -0.223. The van der Waals surface area contributed by atoms with Crippen LogP contribution in [0.15, 0.2) is 24.3 Å². The molecule has 0 aliphatic carbocycles. The van der Waals surface area contributed by atoms with Gasteiger partial charge in [0.25, 0.3) is 0 Å². The lowest BCUT2D eigenvalue weighted by Gasteiger charge is -2.00. The highest BCUT2D eigenvalue weighted by atomic mass is 32.1. The smallest absolute Gasteiger partial charge is 0.159 e. The number of aromatic nitrogens is 1. The number of hydrogen-bond acceptors (Lipinski definition) is 2. The van der Waals surface area contributed by atoms with Crippen LogP contribution in [0.4, 0.5) is 4.39 Å².